The Morgan fingerprint density at radius 2 is 2.14 bits per heavy atom. The van der Waals surface area contributed by atoms with Crippen LogP contribution in [-0.4, -0.2) is 62.2 Å². The van der Waals surface area contributed by atoms with Crippen molar-refractivity contribution >= 4 is 0 Å². The van der Waals surface area contributed by atoms with Crippen LogP contribution in [-0.2, 0) is 0 Å². The molecular formula is C11H23N3. The molecule has 0 bridgehead atoms. The minimum absolute atomic E-state index is 0.789. The molecule has 3 nitrogen and oxygen atoms in total. The zero-order valence-corrected chi connectivity index (χ0v) is 9.50. The molecule has 2 saturated heterocycles. The monoisotopic (exact) mass is 197 g/mol. The largest absolute Gasteiger partial charge is 0.315 e. The highest BCUT2D eigenvalue weighted by Crippen LogP contribution is 2.19. The van der Waals surface area contributed by atoms with Crippen molar-refractivity contribution in [3.63, 3.8) is 0 Å². The Balaban J connectivity index is 1.82. The smallest absolute Gasteiger partial charge is 0.0229 e. The van der Waals surface area contributed by atoms with E-state index in [1.165, 1.54) is 45.4 Å². The molecular weight excluding hydrogens is 174 g/mol. The third kappa shape index (κ3) is 2.27. The lowest BCUT2D eigenvalue weighted by molar-refractivity contribution is 0.185. The molecule has 2 aliphatic heterocycles. The van der Waals surface area contributed by atoms with Crippen LogP contribution in [0.2, 0.25) is 0 Å². The van der Waals surface area contributed by atoms with Crippen LogP contribution in [0.3, 0.4) is 0 Å². The number of nitrogens with zero attached hydrogens (tertiary/aromatic N) is 2. The fraction of sp³-hybridized carbons (Fsp3) is 1.00. The molecule has 0 spiro atoms. The summed E-state index contributed by atoms with van der Waals surface area (Å²) in [6.07, 6.45) is 4.10. The molecule has 0 saturated carbocycles. The zero-order chi connectivity index (χ0) is 9.97. The molecule has 2 atom stereocenters. The molecule has 2 unspecified atom stereocenters. The lowest BCUT2D eigenvalue weighted by Gasteiger charge is -2.32. The van der Waals surface area contributed by atoms with Crippen molar-refractivity contribution in [2.45, 2.75) is 31.3 Å². The van der Waals surface area contributed by atoms with Gasteiger partial charge in [-0.25, -0.2) is 0 Å². The van der Waals surface area contributed by atoms with E-state index in [1.54, 1.807) is 0 Å². The van der Waals surface area contributed by atoms with E-state index in [0.29, 0.717) is 0 Å². The number of rotatable bonds is 2. The van der Waals surface area contributed by atoms with Crippen LogP contribution in [0.25, 0.3) is 0 Å². The molecule has 1 N–H and O–H groups in total. The highest BCUT2D eigenvalue weighted by atomic mass is 15.3. The van der Waals surface area contributed by atoms with Gasteiger partial charge in [0.05, 0.1) is 0 Å². The van der Waals surface area contributed by atoms with Crippen LogP contribution in [0.5, 0.6) is 0 Å². The number of nitrogens with one attached hydrogen (secondary N) is 1. The van der Waals surface area contributed by atoms with Crippen molar-refractivity contribution < 1.29 is 0 Å². The van der Waals surface area contributed by atoms with E-state index in [0.717, 1.165) is 12.1 Å². The Hall–Kier alpha value is -0.120. The average Bonchev–Trinajstić information content (AvgIpc) is 2.68. The molecule has 2 aliphatic rings. The van der Waals surface area contributed by atoms with E-state index < -0.39 is 0 Å². The second kappa shape index (κ2) is 4.60. The maximum absolute atomic E-state index is 3.50. The van der Waals surface area contributed by atoms with Crippen molar-refractivity contribution in [3.05, 3.63) is 0 Å². The topological polar surface area (TPSA) is 18.5 Å². The van der Waals surface area contributed by atoms with Crippen molar-refractivity contribution in [2.24, 2.45) is 0 Å². The zero-order valence-electron chi connectivity index (χ0n) is 9.50. The van der Waals surface area contributed by atoms with Crippen LogP contribution >= 0.6 is 0 Å². The lowest BCUT2D eigenvalue weighted by atomic mass is 10.1. The van der Waals surface area contributed by atoms with Gasteiger partial charge >= 0.3 is 0 Å². The van der Waals surface area contributed by atoms with Crippen molar-refractivity contribution in [2.75, 3.05) is 40.3 Å². The molecule has 82 valence electrons. The first kappa shape index (κ1) is 10.4. The van der Waals surface area contributed by atoms with Crippen molar-refractivity contribution in [1.82, 2.24) is 15.1 Å². The Morgan fingerprint density at radius 3 is 2.71 bits per heavy atom. The van der Waals surface area contributed by atoms with Gasteiger partial charge in [0.2, 0.25) is 0 Å². The van der Waals surface area contributed by atoms with Crippen LogP contribution in [0, 0.1) is 0 Å². The van der Waals surface area contributed by atoms with Crippen molar-refractivity contribution in [3.8, 4) is 0 Å². The molecule has 2 rings (SSSR count). The Morgan fingerprint density at radius 1 is 1.29 bits per heavy atom. The molecule has 0 radical (unpaired) electrons. The van der Waals surface area contributed by atoms with Gasteiger partial charge < -0.3 is 10.2 Å². The van der Waals surface area contributed by atoms with Crippen LogP contribution < -0.4 is 5.32 Å². The Labute approximate surface area is 87.4 Å². The summed E-state index contributed by atoms with van der Waals surface area (Å²) < 4.78 is 0. The van der Waals surface area contributed by atoms with Crippen LogP contribution in [0.4, 0.5) is 0 Å². The van der Waals surface area contributed by atoms with Crippen LogP contribution in [0.1, 0.15) is 19.3 Å². The fourth-order valence-corrected chi connectivity index (χ4v) is 2.67. The number of likely N-dealkylation sites (tertiary alicyclic amines) is 1. The van der Waals surface area contributed by atoms with Gasteiger partial charge in [-0.3, -0.25) is 4.90 Å². The predicted molar refractivity (Wildman–Crippen MR) is 59.6 cm³/mol. The van der Waals surface area contributed by atoms with E-state index in [4.69, 9.17) is 0 Å². The standard InChI is InChI=1S/C11H23N3/c1-13(2)11-5-7-14(9-11)10-4-3-6-12-8-10/h10-12H,3-9H2,1-2H3. The summed E-state index contributed by atoms with van der Waals surface area (Å²) in [6, 6.07) is 1.60. The number of likely N-dealkylation sites (N-methyl/N-ethyl adjacent to an activating group) is 1. The molecule has 0 aromatic heterocycles. The van der Waals surface area contributed by atoms with Gasteiger partial charge in [0.25, 0.3) is 0 Å². The van der Waals surface area contributed by atoms with Gasteiger partial charge in [-0.2, -0.15) is 0 Å². The summed E-state index contributed by atoms with van der Waals surface area (Å²) >= 11 is 0. The SMILES string of the molecule is CN(C)C1CCN(C2CCCNC2)C1. The summed E-state index contributed by atoms with van der Waals surface area (Å²) in [4.78, 5) is 5.05. The highest BCUT2D eigenvalue weighted by Gasteiger charge is 2.29. The van der Waals surface area contributed by atoms with E-state index in [-0.39, 0.29) is 0 Å². The van der Waals surface area contributed by atoms with Gasteiger partial charge in [0, 0.05) is 31.7 Å². The van der Waals surface area contributed by atoms with E-state index in [2.05, 4.69) is 29.2 Å². The Kier molecular flexibility index (Phi) is 3.42. The maximum atomic E-state index is 3.50. The summed E-state index contributed by atoms with van der Waals surface area (Å²) in [5, 5.41) is 3.50. The third-order valence-electron chi connectivity index (χ3n) is 3.71. The second-order valence-electron chi connectivity index (χ2n) is 4.90. The molecule has 3 heteroatoms. The first-order chi connectivity index (χ1) is 6.77. The molecule has 14 heavy (non-hydrogen) atoms. The summed E-state index contributed by atoms with van der Waals surface area (Å²) in [5.74, 6) is 0. The minimum Gasteiger partial charge on any atom is -0.315 e. The number of hydrogen-bond donors (Lipinski definition) is 1. The summed E-state index contributed by atoms with van der Waals surface area (Å²) in [6.45, 7) is 5.01. The fourth-order valence-electron chi connectivity index (χ4n) is 2.67. The summed E-state index contributed by atoms with van der Waals surface area (Å²) in [7, 11) is 4.40. The average molecular weight is 197 g/mol. The minimum atomic E-state index is 0.789. The maximum Gasteiger partial charge on any atom is 0.0229 e. The molecule has 2 fully saturated rings. The predicted octanol–water partition coefficient (Wildman–Crippen LogP) is 0.374. The first-order valence-electron chi connectivity index (χ1n) is 5.88. The summed E-state index contributed by atoms with van der Waals surface area (Å²) in [5.41, 5.74) is 0. The first-order valence-corrected chi connectivity index (χ1v) is 5.88. The molecule has 0 aromatic rings. The van der Waals surface area contributed by atoms with E-state index >= 15 is 0 Å². The van der Waals surface area contributed by atoms with Crippen LogP contribution in [0.15, 0.2) is 0 Å². The van der Waals surface area contributed by atoms with E-state index in [1.807, 2.05) is 0 Å². The van der Waals surface area contributed by atoms with Gasteiger partial charge in [0.15, 0.2) is 0 Å². The second-order valence-corrected chi connectivity index (χ2v) is 4.90. The molecule has 2 heterocycles. The highest BCUT2D eigenvalue weighted by molar-refractivity contribution is 4.87. The van der Waals surface area contributed by atoms with E-state index in [9.17, 15) is 0 Å². The quantitative estimate of drug-likeness (QED) is 0.690. The number of piperidine rings is 1. The molecule has 0 aliphatic carbocycles. The normalized spacial score (nSPS) is 35.4. The van der Waals surface area contributed by atoms with Gasteiger partial charge in [-0.1, -0.05) is 0 Å². The van der Waals surface area contributed by atoms with Gasteiger partial charge in [-0.05, 0) is 39.9 Å². The van der Waals surface area contributed by atoms with Gasteiger partial charge in [0.1, 0.15) is 0 Å². The number of hydrogen-bond acceptors (Lipinski definition) is 3. The Bertz CT molecular complexity index is 175. The molecule has 0 amide bonds. The lowest BCUT2D eigenvalue weighted by Crippen LogP contribution is -2.46. The third-order valence-corrected chi connectivity index (χ3v) is 3.71. The van der Waals surface area contributed by atoms with Crippen molar-refractivity contribution in [1.29, 1.82) is 0 Å². The molecule has 0 aromatic carbocycles. The van der Waals surface area contributed by atoms with Gasteiger partial charge in [-0.15, -0.1) is 0 Å².